The molecule has 0 radical (unpaired) electrons. The third-order valence-corrected chi connectivity index (χ3v) is 5.48. The number of furan rings is 1. The Labute approximate surface area is 175 Å². The number of ether oxygens (including phenoxy) is 1. The van der Waals surface area contributed by atoms with Crippen LogP contribution < -0.4 is 5.32 Å². The van der Waals surface area contributed by atoms with E-state index >= 15 is 0 Å². The van der Waals surface area contributed by atoms with Gasteiger partial charge in [0.05, 0.1) is 34.8 Å². The van der Waals surface area contributed by atoms with Gasteiger partial charge in [-0.05, 0) is 38.5 Å². The second kappa shape index (κ2) is 8.62. The summed E-state index contributed by atoms with van der Waals surface area (Å²) in [5.41, 5.74) is 0.653. The molecule has 0 aliphatic heterocycles. The Morgan fingerprint density at radius 3 is 2.72 bits per heavy atom. The number of carbonyl (C=O) groups excluding carboxylic acids is 3. The number of anilines is 1. The molecule has 0 atom stereocenters. The highest BCUT2D eigenvalue weighted by Crippen LogP contribution is 2.34. The number of carbonyl (C=O) groups is 3. The van der Waals surface area contributed by atoms with E-state index in [-0.39, 0.29) is 28.7 Å². The fourth-order valence-corrected chi connectivity index (χ4v) is 3.96. The Morgan fingerprint density at radius 2 is 2.10 bits per heavy atom. The van der Waals surface area contributed by atoms with Crippen LogP contribution in [-0.4, -0.2) is 34.0 Å². The zero-order valence-electron chi connectivity index (χ0n) is 15.9. The van der Waals surface area contributed by atoms with E-state index in [1.54, 1.807) is 30.8 Å². The SMILES string of the molecule is CCOC(=O)c1c(NC(=O)c2ccc(Cn3cc(Cl)cn3)o2)sc(C(C)=O)c1C. The van der Waals surface area contributed by atoms with Gasteiger partial charge in [-0.3, -0.25) is 14.3 Å². The van der Waals surface area contributed by atoms with Gasteiger partial charge in [-0.1, -0.05) is 11.6 Å². The number of ketones is 1. The van der Waals surface area contributed by atoms with E-state index in [9.17, 15) is 14.4 Å². The van der Waals surface area contributed by atoms with E-state index in [4.69, 9.17) is 20.8 Å². The number of nitrogens with zero attached hydrogens (tertiary/aromatic N) is 2. The molecule has 0 fully saturated rings. The fraction of sp³-hybridized carbons (Fsp3) is 0.263. The van der Waals surface area contributed by atoms with Crippen molar-refractivity contribution in [3.05, 3.63) is 57.1 Å². The Morgan fingerprint density at radius 1 is 1.34 bits per heavy atom. The van der Waals surface area contributed by atoms with E-state index in [1.807, 2.05) is 0 Å². The van der Waals surface area contributed by atoms with Crippen LogP contribution >= 0.6 is 22.9 Å². The fourth-order valence-electron chi connectivity index (χ4n) is 2.72. The van der Waals surface area contributed by atoms with Crippen molar-refractivity contribution in [2.24, 2.45) is 0 Å². The molecule has 0 aromatic carbocycles. The molecule has 3 rings (SSSR count). The molecule has 0 spiro atoms. The summed E-state index contributed by atoms with van der Waals surface area (Å²) >= 11 is 6.86. The second-order valence-electron chi connectivity index (χ2n) is 6.11. The molecule has 1 amide bonds. The van der Waals surface area contributed by atoms with Gasteiger partial charge in [0.25, 0.3) is 5.91 Å². The Bertz CT molecular complexity index is 1080. The van der Waals surface area contributed by atoms with Crippen molar-refractivity contribution in [3.8, 4) is 0 Å². The van der Waals surface area contributed by atoms with Crippen LogP contribution in [0.4, 0.5) is 5.00 Å². The summed E-state index contributed by atoms with van der Waals surface area (Å²) < 4.78 is 12.2. The molecule has 0 aliphatic carbocycles. The van der Waals surface area contributed by atoms with Crippen LogP contribution in [0.3, 0.4) is 0 Å². The topological polar surface area (TPSA) is 103 Å². The largest absolute Gasteiger partial charge is 0.462 e. The molecule has 0 saturated heterocycles. The molecular weight excluding hydrogens is 418 g/mol. The maximum atomic E-state index is 12.6. The zero-order chi connectivity index (χ0) is 21.1. The summed E-state index contributed by atoms with van der Waals surface area (Å²) in [6.07, 6.45) is 3.13. The number of aromatic nitrogens is 2. The predicted molar refractivity (Wildman–Crippen MR) is 108 cm³/mol. The lowest BCUT2D eigenvalue weighted by atomic mass is 10.1. The predicted octanol–water partition coefficient (Wildman–Crippen LogP) is 4.18. The monoisotopic (exact) mass is 435 g/mol. The molecule has 3 heterocycles. The highest BCUT2D eigenvalue weighted by atomic mass is 35.5. The lowest BCUT2D eigenvalue weighted by molar-refractivity contribution is 0.0527. The minimum absolute atomic E-state index is 0.0588. The van der Waals surface area contributed by atoms with Gasteiger partial charge in [0.15, 0.2) is 11.5 Å². The van der Waals surface area contributed by atoms with Crippen LogP contribution in [0.1, 0.15) is 55.8 Å². The van der Waals surface area contributed by atoms with Crippen LogP contribution in [0, 0.1) is 6.92 Å². The number of amides is 1. The number of hydrogen-bond acceptors (Lipinski definition) is 7. The van der Waals surface area contributed by atoms with Crippen molar-refractivity contribution in [2.45, 2.75) is 27.3 Å². The van der Waals surface area contributed by atoms with Gasteiger partial charge in [-0.25, -0.2) is 4.79 Å². The molecule has 10 heteroatoms. The number of hydrogen-bond donors (Lipinski definition) is 1. The summed E-state index contributed by atoms with van der Waals surface area (Å²) in [7, 11) is 0. The lowest BCUT2D eigenvalue weighted by Crippen LogP contribution is -2.14. The van der Waals surface area contributed by atoms with E-state index < -0.39 is 11.9 Å². The Balaban J connectivity index is 1.82. The summed E-state index contributed by atoms with van der Waals surface area (Å²) in [5, 5.41) is 7.44. The number of Topliss-reactive ketones (excluding diaryl/α,β-unsaturated/α-hetero) is 1. The number of rotatable bonds is 7. The summed E-state index contributed by atoms with van der Waals surface area (Å²) in [5.74, 6) is -0.774. The first kappa shape index (κ1) is 20.8. The smallest absolute Gasteiger partial charge is 0.341 e. The Hall–Kier alpha value is -2.91. The van der Waals surface area contributed by atoms with E-state index in [0.717, 1.165) is 11.3 Å². The maximum absolute atomic E-state index is 12.6. The van der Waals surface area contributed by atoms with Crippen LogP contribution in [-0.2, 0) is 11.3 Å². The highest BCUT2D eigenvalue weighted by molar-refractivity contribution is 7.18. The molecule has 29 heavy (non-hydrogen) atoms. The van der Waals surface area contributed by atoms with E-state index in [1.165, 1.54) is 19.2 Å². The van der Waals surface area contributed by atoms with Gasteiger partial charge in [0, 0.05) is 6.20 Å². The number of nitrogens with one attached hydrogen (secondary N) is 1. The molecule has 152 valence electrons. The lowest BCUT2D eigenvalue weighted by Gasteiger charge is -2.06. The molecule has 3 aromatic heterocycles. The first-order chi connectivity index (χ1) is 13.8. The third kappa shape index (κ3) is 4.57. The molecule has 0 saturated carbocycles. The average Bonchev–Trinajstić information content (AvgIpc) is 3.35. The molecule has 0 unspecified atom stereocenters. The molecule has 3 aromatic rings. The highest BCUT2D eigenvalue weighted by Gasteiger charge is 2.26. The van der Waals surface area contributed by atoms with Crippen LogP contribution in [0.15, 0.2) is 28.9 Å². The van der Waals surface area contributed by atoms with Gasteiger partial charge >= 0.3 is 5.97 Å². The number of thiophene rings is 1. The third-order valence-electron chi connectivity index (χ3n) is 3.98. The normalized spacial score (nSPS) is 10.8. The number of halogens is 1. The van der Waals surface area contributed by atoms with Crippen molar-refractivity contribution >= 4 is 45.6 Å². The van der Waals surface area contributed by atoms with Crippen LogP contribution in [0.25, 0.3) is 0 Å². The standard InChI is InChI=1S/C19H18ClN3O5S/c1-4-27-19(26)15-10(2)16(11(3)24)29-18(15)22-17(25)14-6-5-13(28-14)9-23-8-12(20)7-21-23/h5-8H,4,9H2,1-3H3,(H,22,25). The van der Waals surface area contributed by atoms with Gasteiger partial charge < -0.3 is 14.5 Å². The summed E-state index contributed by atoms with van der Waals surface area (Å²) in [4.78, 5) is 37.2. The molecule has 1 N–H and O–H groups in total. The van der Waals surface area contributed by atoms with Crippen molar-refractivity contribution in [3.63, 3.8) is 0 Å². The van der Waals surface area contributed by atoms with Crippen molar-refractivity contribution in [1.82, 2.24) is 9.78 Å². The van der Waals surface area contributed by atoms with Crippen molar-refractivity contribution in [2.75, 3.05) is 11.9 Å². The molecular formula is C19H18ClN3O5S. The molecule has 0 aliphatic rings. The summed E-state index contributed by atoms with van der Waals surface area (Å²) in [6, 6.07) is 3.17. The quantitative estimate of drug-likeness (QED) is 0.441. The average molecular weight is 436 g/mol. The molecule has 8 nitrogen and oxygen atoms in total. The van der Waals surface area contributed by atoms with Gasteiger partial charge in [-0.15, -0.1) is 11.3 Å². The zero-order valence-corrected chi connectivity index (χ0v) is 17.5. The van der Waals surface area contributed by atoms with Crippen molar-refractivity contribution in [1.29, 1.82) is 0 Å². The van der Waals surface area contributed by atoms with Gasteiger partial charge in [-0.2, -0.15) is 5.10 Å². The van der Waals surface area contributed by atoms with Crippen LogP contribution in [0.2, 0.25) is 5.02 Å². The summed E-state index contributed by atoms with van der Waals surface area (Å²) in [6.45, 7) is 5.21. The molecule has 0 bridgehead atoms. The Kier molecular flexibility index (Phi) is 6.19. The van der Waals surface area contributed by atoms with Crippen LogP contribution in [0.5, 0.6) is 0 Å². The van der Waals surface area contributed by atoms with Gasteiger partial charge in [0.1, 0.15) is 10.8 Å². The maximum Gasteiger partial charge on any atom is 0.341 e. The van der Waals surface area contributed by atoms with E-state index in [0.29, 0.717) is 27.8 Å². The first-order valence-corrected chi connectivity index (χ1v) is 9.89. The van der Waals surface area contributed by atoms with Gasteiger partial charge in [0.2, 0.25) is 0 Å². The minimum Gasteiger partial charge on any atom is -0.462 e. The second-order valence-corrected chi connectivity index (χ2v) is 7.57. The first-order valence-electron chi connectivity index (χ1n) is 8.69. The van der Waals surface area contributed by atoms with E-state index in [2.05, 4.69) is 10.4 Å². The number of esters is 1. The van der Waals surface area contributed by atoms with Crippen molar-refractivity contribution < 1.29 is 23.5 Å². The minimum atomic E-state index is -0.597.